The maximum Gasteiger partial charge on any atom is 0.407 e. The average molecular weight is 353 g/mol. The van der Waals surface area contributed by atoms with Crippen LogP contribution in [0, 0.1) is 0 Å². The number of rotatable bonds is 6. The largest absolute Gasteiger partial charge is 0.507 e. The lowest BCUT2D eigenvalue weighted by Crippen LogP contribution is -2.36. The first-order valence-corrected chi connectivity index (χ1v) is 8.18. The highest BCUT2D eigenvalue weighted by Gasteiger charge is 2.15. The van der Waals surface area contributed by atoms with Gasteiger partial charge in [-0.2, -0.15) is 5.10 Å². The summed E-state index contributed by atoms with van der Waals surface area (Å²) in [6.45, 7) is 2.32. The van der Waals surface area contributed by atoms with Gasteiger partial charge < -0.3 is 15.2 Å². The van der Waals surface area contributed by atoms with Gasteiger partial charge in [-0.05, 0) is 24.6 Å². The highest BCUT2D eigenvalue weighted by molar-refractivity contribution is 5.98. The van der Waals surface area contributed by atoms with E-state index in [1.165, 1.54) is 6.07 Å². The number of carbonyl (C=O) groups excluding carboxylic acids is 2. The van der Waals surface area contributed by atoms with Crippen molar-refractivity contribution in [1.82, 2.24) is 15.1 Å². The Morgan fingerprint density at radius 3 is 2.81 bits per heavy atom. The quantitative estimate of drug-likeness (QED) is 0.665. The summed E-state index contributed by atoms with van der Waals surface area (Å²) in [4.78, 5) is 23.2. The van der Waals surface area contributed by atoms with Gasteiger partial charge in [-0.25, -0.2) is 4.79 Å². The smallest absolute Gasteiger partial charge is 0.407 e. The molecule has 1 atom stereocenters. The van der Waals surface area contributed by atoms with Gasteiger partial charge in [-0.3, -0.25) is 9.48 Å². The zero-order valence-corrected chi connectivity index (χ0v) is 14.3. The molecular weight excluding hydrogens is 334 g/mol. The Labute approximate surface area is 150 Å². The Hall–Kier alpha value is -3.35. The van der Waals surface area contributed by atoms with E-state index in [0.29, 0.717) is 18.3 Å². The van der Waals surface area contributed by atoms with Gasteiger partial charge in [0.2, 0.25) is 0 Å². The molecule has 1 aromatic heterocycles. The van der Waals surface area contributed by atoms with E-state index in [2.05, 4.69) is 10.4 Å². The van der Waals surface area contributed by atoms with E-state index in [4.69, 9.17) is 4.74 Å². The normalized spacial score (nSPS) is 11.9. The Kier molecular flexibility index (Phi) is 5.17. The van der Waals surface area contributed by atoms with Crippen molar-refractivity contribution in [2.75, 3.05) is 0 Å². The van der Waals surface area contributed by atoms with Crippen LogP contribution < -0.4 is 5.32 Å². The minimum atomic E-state index is -0.531. The third-order valence-corrected chi connectivity index (χ3v) is 3.96. The summed E-state index contributed by atoms with van der Waals surface area (Å²) in [6.07, 6.45) is 1.68. The lowest BCUT2D eigenvalue weighted by atomic mass is 10.1. The molecule has 2 aromatic carbocycles. The first-order valence-electron chi connectivity index (χ1n) is 8.18. The summed E-state index contributed by atoms with van der Waals surface area (Å²) in [7, 11) is 0. The van der Waals surface area contributed by atoms with Crippen molar-refractivity contribution in [2.24, 2.45) is 0 Å². The predicted octanol–water partition coefficient (Wildman–Crippen LogP) is 2.87. The topological polar surface area (TPSA) is 93.5 Å². The molecule has 0 radical (unpaired) electrons. The van der Waals surface area contributed by atoms with Gasteiger partial charge >= 0.3 is 6.09 Å². The summed E-state index contributed by atoms with van der Waals surface area (Å²) >= 11 is 0. The van der Waals surface area contributed by atoms with E-state index in [-0.39, 0.29) is 24.0 Å². The monoisotopic (exact) mass is 353 g/mol. The summed E-state index contributed by atoms with van der Waals surface area (Å²) in [5, 5.41) is 17.6. The van der Waals surface area contributed by atoms with E-state index < -0.39 is 6.09 Å². The number of phenolic OH excluding ortho intramolecular Hbond substituents is 1. The number of benzene rings is 2. The van der Waals surface area contributed by atoms with Crippen LogP contribution in [0.4, 0.5) is 4.79 Å². The molecule has 1 unspecified atom stereocenters. The molecule has 3 rings (SSSR count). The summed E-state index contributed by atoms with van der Waals surface area (Å²) in [6, 6.07) is 12.3. The number of alkyl carbamates (subject to hydrolysis) is 1. The summed E-state index contributed by atoms with van der Waals surface area (Å²) in [5.41, 5.74) is 1.62. The number of carbonyl (C=O) groups is 2. The SMILES string of the molecule is CC(Cn1ncc2ccc(O)c(C=O)c21)NC(=O)OCc1ccccc1. The van der Waals surface area contributed by atoms with Crippen molar-refractivity contribution in [3.63, 3.8) is 0 Å². The fraction of sp³-hybridized carbons (Fsp3) is 0.211. The van der Waals surface area contributed by atoms with Crippen molar-refractivity contribution in [1.29, 1.82) is 0 Å². The van der Waals surface area contributed by atoms with Gasteiger partial charge in [0.05, 0.1) is 23.8 Å². The van der Waals surface area contributed by atoms with Crippen LogP contribution in [0.1, 0.15) is 22.8 Å². The van der Waals surface area contributed by atoms with Crippen molar-refractivity contribution >= 4 is 23.3 Å². The molecule has 0 aliphatic heterocycles. The molecule has 0 aliphatic rings. The molecule has 0 saturated heterocycles. The van der Waals surface area contributed by atoms with Gasteiger partial charge in [0.25, 0.3) is 0 Å². The number of hydrogen-bond donors (Lipinski definition) is 2. The molecule has 26 heavy (non-hydrogen) atoms. The lowest BCUT2D eigenvalue weighted by molar-refractivity contribution is 0.112. The van der Waals surface area contributed by atoms with Crippen molar-refractivity contribution in [3.8, 4) is 5.75 Å². The number of fused-ring (bicyclic) bond motifs is 1. The molecule has 1 amide bonds. The molecule has 134 valence electrons. The van der Waals surface area contributed by atoms with Crippen molar-refractivity contribution < 1.29 is 19.4 Å². The van der Waals surface area contributed by atoms with Crippen LogP contribution in [0.3, 0.4) is 0 Å². The van der Waals surface area contributed by atoms with Gasteiger partial charge in [0, 0.05) is 11.4 Å². The number of aromatic hydroxyl groups is 1. The number of aromatic nitrogens is 2. The summed E-state index contributed by atoms with van der Waals surface area (Å²) < 4.78 is 6.78. The minimum Gasteiger partial charge on any atom is -0.507 e. The maximum atomic E-state index is 11.9. The molecule has 0 bridgehead atoms. The second-order valence-corrected chi connectivity index (χ2v) is 5.99. The minimum absolute atomic E-state index is 0.0999. The second-order valence-electron chi connectivity index (χ2n) is 5.99. The predicted molar refractivity (Wildman–Crippen MR) is 96.0 cm³/mol. The van der Waals surface area contributed by atoms with E-state index in [1.54, 1.807) is 23.9 Å². The van der Waals surface area contributed by atoms with Crippen LogP contribution in [0.5, 0.6) is 5.75 Å². The zero-order valence-electron chi connectivity index (χ0n) is 14.3. The van der Waals surface area contributed by atoms with E-state index in [9.17, 15) is 14.7 Å². The van der Waals surface area contributed by atoms with E-state index >= 15 is 0 Å². The Balaban J connectivity index is 1.64. The third kappa shape index (κ3) is 3.83. The number of amides is 1. The first kappa shape index (κ1) is 17.5. The highest BCUT2D eigenvalue weighted by Crippen LogP contribution is 2.25. The van der Waals surface area contributed by atoms with Gasteiger partial charge in [-0.1, -0.05) is 30.3 Å². The van der Waals surface area contributed by atoms with Crippen LogP contribution >= 0.6 is 0 Å². The standard InChI is InChI=1S/C19H19N3O4/c1-13(21-19(25)26-12-14-5-3-2-4-6-14)10-22-18-15(9-20-22)7-8-17(24)16(18)11-23/h2-9,11,13,24H,10,12H2,1H3,(H,21,25). The number of nitrogens with zero attached hydrogens (tertiary/aromatic N) is 2. The molecule has 2 N–H and O–H groups in total. The van der Waals surface area contributed by atoms with Crippen LogP contribution in [0.2, 0.25) is 0 Å². The Morgan fingerprint density at radius 2 is 2.08 bits per heavy atom. The molecule has 7 heteroatoms. The number of aldehydes is 1. The van der Waals surface area contributed by atoms with Crippen LogP contribution in [0.15, 0.2) is 48.7 Å². The Bertz CT molecular complexity index is 921. The van der Waals surface area contributed by atoms with Gasteiger partial charge in [0.1, 0.15) is 12.4 Å². The molecular formula is C19H19N3O4. The fourth-order valence-corrected chi connectivity index (χ4v) is 2.72. The number of hydrogen-bond acceptors (Lipinski definition) is 5. The van der Waals surface area contributed by atoms with Gasteiger partial charge in [-0.15, -0.1) is 0 Å². The second kappa shape index (κ2) is 7.69. The average Bonchev–Trinajstić information content (AvgIpc) is 3.03. The van der Waals surface area contributed by atoms with Crippen LogP contribution in [0.25, 0.3) is 10.9 Å². The molecule has 0 fully saturated rings. The van der Waals surface area contributed by atoms with E-state index in [1.807, 2.05) is 30.3 Å². The van der Waals surface area contributed by atoms with Crippen LogP contribution in [-0.4, -0.2) is 33.3 Å². The zero-order chi connectivity index (χ0) is 18.5. The lowest BCUT2D eigenvalue weighted by Gasteiger charge is -2.15. The highest BCUT2D eigenvalue weighted by atomic mass is 16.5. The van der Waals surface area contributed by atoms with Crippen molar-refractivity contribution in [2.45, 2.75) is 26.1 Å². The van der Waals surface area contributed by atoms with Crippen molar-refractivity contribution in [3.05, 3.63) is 59.8 Å². The molecule has 0 spiro atoms. The molecule has 1 heterocycles. The molecule has 7 nitrogen and oxygen atoms in total. The van der Waals surface area contributed by atoms with Gasteiger partial charge in [0.15, 0.2) is 6.29 Å². The van der Waals surface area contributed by atoms with Crippen LogP contribution in [-0.2, 0) is 17.9 Å². The maximum absolute atomic E-state index is 11.9. The number of nitrogens with one attached hydrogen (secondary N) is 1. The third-order valence-electron chi connectivity index (χ3n) is 3.96. The number of phenols is 1. The summed E-state index contributed by atoms with van der Waals surface area (Å²) in [5.74, 6) is -0.0999. The number of ether oxygens (including phenoxy) is 1. The molecule has 3 aromatic rings. The molecule has 0 saturated carbocycles. The first-order chi connectivity index (χ1) is 12.6. The Morgan fingerprint density at radius 1 is 1.31 bits per heavy atom. The molecule has 0 aliphatic carbocycles. The fourth-order valence-electron chi connectivity index (χ4n) is 2.72. The van der Waals surface area contributed by atoms with E-state index in [0.717, 1.165) is 10.9 Å².